The molecule has 0 saturated heterocycles. The van der Waals surface area contributed by atoms with Crippen LogP contribution in [0.15, 0.2) is 54.9 Å². The second kappa shape index (κ2) is 9.09. The van der Waals surface area contributed by atoms with Gasteiger partial charge in [0.15, 0.2) is 0 Å². The summed E-state index contributed by atoms with van der Waals surface area (Å²) in [6.45, 7) is 3.59. The van der Waals surface area contributed by atoms with Gasteiger partial charge in [0.25, 0.3) is 0 Å². The van der Waals surface area contributed by atoms with E-state index in [2.05, 4.69) is 21.4 Å². The van der Waals surface area contributed by atoms with Gasteiger partial charge in [0.2, 0.25) is 5.91 Å². The molecule has 1 aliphatic rings. The number of hydrogen-bond acceptors (Lipinski definition) is 7. The van der Waals surface area contributed by atoms with Gasteiger partial charge < -0.3 is 15.0 Å². The van der Waals surface area contributed by atoms with Crippen molar-refractivity contribution in [2.45, 2.75) is 32.4 Å². The number of aromatic nitrogens is 2. The van der Waals surface area contributed by atoms with Crippen molar-refractivity contribution in [1.82, 2.24) is 9.97 Å². The number of anilines is 2. The van der Waals surface area contributed by atoms with Crippen LogP contribution in [0.4, 0.5) is 11.5 Å². The Kier molecular flexibility index (Phi) is 6.05. The number of ether oxygens (including phenoxy) is 1. The first-order valence-electron chi connectivity index (χ1n) is 10.5. The number of esters is 1. The molecular formula is C25H23N5O3. The fourth-order valence-corrected chi connectivity index (χ4v) is 4.17. The lowest BCUT2D eigenvalue weighted by Crippen LogP contribution is -2.43. The molecule has 1 amide bonds. The highest BCUT2D eigenvalue weighted by molar-refractivity contribution is 5.94. The average Bonchev–Trinajstić information content (AvgIpc) is 2.83. The highest BCUT2D eigenvalue weighted by Gasteiger charge is 2.33. The number of benzene rings is 1. The van der Waals surface area contributed by atoms with Crippen LogP contribution in [0.25, 0.3) is 11.3 Å². The Morgan fingerprint density at radius 2 is 1.97 bits per heavy atom. The third kappa shape index (κ3) is 4.39. The maximum Gasteiger partial charge on any atom is 0.339 e. The van der Waals surface area contributed by atoms with Crippen molar-refractivity contribution < 1.29 is 14.3 Å². The molecule has 1 N–H and O–H groups in total. The number of nitrogens with one attached hydrogen (secondary N) is 1. The molecule has 8 heteroatoms. The van der Waals surface area contributed by atoms with Gasteiger partial charge in [0.1, 0.15) is 11.9 Å². The van der Waals surface area contributed by atoms with Gasteiger partial charge in [-0.05, 0) is 55.3 Å². The number of amides is 1. The number of rotatable bonds is 4. The van der Waals surface area contributed by atoms with E-state index in [0.29, 0.717) is 29.1 Å². The van der Waals surface area contributed by atoms with Crippen LogP contribution < -0.4 is 10.2 Å². The Balaban J connectivity index is 1.72. The predicted octanol–water partition coefficient (Wildman–Crippen LogP) is 4.10. The molecule has 0 radical (unpaired) electrons. The second-order valence-corrected chi connectivity index (χ2v) is 7.91. The van der Waals surface area contributed by atoms with E-state index >= 15 is 0 Å². The fourth-order valence-electron chi connectivity index (χ4n) is 4.17. The summed E-state index contributed by atoms with van der Waals surface area (Å²) in [4.78, 5) is 34.7. The van der Waals surface area contributed by atoms with Crippen LogP contribution in [0.3, 0.4) is 0 Å². The molecule has 8 nitrogen and oxygen atoms in total. The molecule has 0 saturated carbocycles. The molecule has 3 heterocycles. The van der Waals surface area contributed by atoms with E-state index in [-0.39, 0.29) is 18.0 Å². The van der Waals surface area contributed by atoms with E-state index in [9.17, 15) is 9.59 Å². The van der Waals surface area contributed by atoms with Crippen molar-refractivity contribution in [3.8, 4) is 17.3 Å². The quantitative estimate of drug-likeness (QED) is 0.607. The summed E-state index contributed by atoms with van der Waals surface area (Å²) < 4.78 is 4.74. The Bertz CT molecular complexity index is 1230. The SMILES string of the molecule is COC(=O)c1ccc(-c2ccc3c(c2)[C@H](Nc2ccc(C#N)cn2)C[C@H](C)N3C(C)=O)nc1. The number of methoxy groups -OCH3 is 1. The van der Waals surface area contributed by atoms with Gasteiger partial charge >= 0.3 is 5.97 Å². The third-order valence-corrected chi connectivity index (χ3v) is 5.71. The van der Waals surface area contributed by atoms with Gasteiger partial charge in [-0.15, -0.1) is 0 Å². The average molecular weight is 441 g/mol. The van der Waals surface area contributed by atoms with Crippen molar-refractivity contribution in [3.63, 3.8) is 0 Å². The summed E-state index contributed by atoms with van der Waals surface area (Å²) in [5.41, 5.74) is 4.22. The number of nitrogens with zero attached hydrogens (tertiary/aromatic N) is 4. The van der Waals surface area contributed by atoms with Gasteiger partial charge in [0.05, 0.1) is 30.0 Å². The van der Waals surface area contributed by atoms with E-state index in [0.717, 1.165) is 16.8 Å². The largest absolute Gasteiger partial charge is 0.465 e. The minimum Gasteiger partial charge on any atom is -0.465 e. The number of hydrogen-bond donors (Lipinski definition) is 1. The van der Waals surface area contributed by atoms with Crippen LogP contribution in [-0.4, -0.2) is 35.0 Å². The Hall–Kier alpha value is -4.25. The molecule has 166 valence electrons. The normalized spacial score (nSPS) is 17.0. The smallest absolute Gasteiger partial charge is 0.339 e. The molecule has 0 fully saturated rings. The minimum atomic E-state index is -0.440. The molecule has 33 heavy (non-hydrogen) atoms. The minimum absolute atomic E-state index is 0.00537. The van der Waals surface area contributed by atoms with Crippen molar-refractivity contribution in [2.75, 3.05) is 17.3 Å². The van der Waals surface area contributed by atoms with E-state index in [1.54, 1.807) is 36.1 Å². The number of pyridine rings is 2. The third-order valence-electron chi connectivity index (χ3n) is 5.71. The number of fused-ring (bicyclic) bond motifs is 1. The lowest BCUT2D eigenvalue weighted by Gasteiger charge is -2.39. The molecular weight excluding hydrogens is 418 g/mol. The van der Waals surface area contributed by atoms with Gasteiger partial charge in [0, 0.05) is 36.6 Å². The molecule has 2 atom stereocenters. The van der Waals surface area contributed by atoms with Crippen molar-refractivity contribution in [3.05, 3.63) is 71.5 Å². The van der Waals surface area contributed by atoms with Crippen molar-refractivity contribution in [1.29, 1.82) is 5.26 Å². The van der Waals surface area contributed by atoms with E-state index in [4.69, 9.17) is 10.00 Å². The Morgan fingerprint density at radius 3 is 2.58 bits per heavy atom. The Morgan fingerprint density at radius 1 is 1.15 bits per heavy atom. The van der Waals surface area contributed by atoms with Crippen LogP contribution in [-0.2, 0) is 9.53 Å². The summed E-state index contributed by atoms with van der Waals surface area (Å²) in [6.07, 6.45) is 3.70. The zero-order valence-electron chi connectivity index (χ0n) is 18.6. The maximum atomic E-state index is 12.4. The van der Waals surface area contributed by atoms with Crippen LogP contribution in [0.5, 0.6) is 0 Å². The number of carbonyl (C=O) groups is 2. The fraction of sp³-hybridized carbons (Fsp3) is 0.240. The van der Waals surface area contributed by atoms with Gasteiger partial charge in [-0.2, -0.15) is 5.26 Å². The van der Waals surface area contributed by atoms with Crippen LogP contribution in [0.1, 0.15) is 47.8 Å². The topological polar surface area (TPSA) is 108 Å². The number of nitriles is 1. The summed E-state index contributed by atoms with van der Waals surface area (Å²) in [5, 5.41) is 12.5. The molecule has 0 aliphatic carbocycles. The first kappa shape index (κ1) is 22.0. The van der Waals surface area contributed by atoms with Crippen LogP contribution in [0, 0.1) is 11.3 Å². The molecule has 3 aromatic rings. The second-order valence-electron chi connectivity index (χ2n) is 7.91. The highest BCUT2D eigenvalue weighted by atomic mass is 16.5. The van der Waals surface area contributed by atoms with E-state index in [1.165, 1.54) is 19.5 Å². The zero-order valence-corrected chi connectivity index (χ0v) is 18.6. The lowest BCUT2D eigenvalue weighted by molar-refractivity contribution is -0.117. The summed E-state index contributed by atoms with van der Waals surface area (Å²) in [5.74, 6) is 0.191. The highest BCUT2D eigenvalue weighted by Crippen LogP contribution is 2.40. The van der Waals surface area contributed by atoms with Crippen molar-refractivity contribution >= 4 is 23.4 Å². The lowest BCUT2D eigenvalue weighted by atomic mass is 9.89. The standard InChI is InChI=1S/C25H23N5O3/c1-15-10-22(29-24-9-4-17(12-26)13-28-24)20-11-18(6-8-23(20)30(15)16(2)31)21-7-5-19(14-27-21)25(32)33-3/h4-9,11,13-15,22H,10H2,1-3H3,(H,28,29)/t15-,22+/m0/s1. The predicted molar refractivity (Wildman–Crippen MR) is 124 cm³/mol. The van der Waals surface area contributed by atoms with Gasteiger partial charge in [-0.3, -0.25) is 9.78 Å². The van der Waals surface area contributed by atoms with Gasteiger partial charge in [-0.25, -0.2) is 9.78 Å². The van der Waals surface area contributed by atoms with Crippen molar-refractivity contribution in [2.24, 2.45) is 0 Å². The van der Waals surface area contributed by atoms with E-state index in [1.807, 2.05) is 25.1 Å². The first-order valence-corrected chi connectivity index (χ1v) is 10.5. The molecule has 2 aromatic heterocycles. The van der Waals surface area contributed by atoms with Crippen LogP contribution >= 0.6 is 0 Å². The monoisotopic (exact) mass is 441 g/mol. The molecule has 1 aliphatic heterocycles. The molecule has 0 spiro atoms. The summed E-state index contributed by atoms with van der Waals surface area (Å²) >= 11 is 0. The zero-order chi connectivity index (χ0) is 23.5. The first-order chi connectivity index (χ1) is 15.9. The molecule has 0 bridgehead atoms. The number of carbonyl (C=O) groups excluding carboxylic acids is 2. The summed E-state index contributed by atoms with van der Waals surface area (Å²) in [7, 11) is 1.33. The molecule has 1 aromatic carbocycles. The van der Waals surface area contributed by atoms with Crippen LogP contribution in [0.2, 0.25) is 0 Å². The summed E-state index contributed by atoms with van der Waals surface area (Å²) in [6, 6.07) is 14.8. The Labute approximate surface area is 191 Å². The van der Waals surface area contributed by atoms with Gasteiger partial charge in [-0.1, -0.05) is 6.07 Å². The molecule has 4 rings (SSSR count). The molecule has 0 unspecified atom stereocenters. The maximum absolute atomic E-state index is 12.4. The van der Waals surface area contributed by atoms with E-state index < -0.39 is 5.97 Å².